The lowest BCUT2D eigenvalue weighted by molar-refractivity contribution is 0.0697. The van der Waals surface area contributed by atoms with E-state index in [0.29, 0.717) is 5.56 Å². The summed E-state index contributed by atoms with van der Waals surface area (Å²) in [6, 6.07) is 5.24. The fourth-order valence-electron chi connectivity index (χ4n) is 2.62. The number of nitrogens with zero attached hydrogens (tertiary/aromatic N) is 1. The number of carbonyl (C=O) groups is 1. The molecule has 2 rings (SSSR count). The number of benzene rings is 1. The van der Waals surface area contributed by atoms with Gasteiger partial charge in [-0.1, -0.05) is 0 Å². The molecular formula is C14H21N3O2. The lowest BCUT2D eigenvalue weighted by Crippen LogP contribution is -2.53. The van der Waals surface area contributed by atoms with Gasteiger partial charge in [0.25, 0.3) is 0 Å². The van der Waals surface area contributed by atoms with Crippen LogP contribution in [0.4, 0.5) is 11.4 Å². The number of rotatable bonds is 4. The minimum Gasteiger partial charge on any atom is -0.478 e. The molecule has 0 bridgehead atoms. The third-order valence-corrected chi connectivity index (χ3v) is 3.53. The zero-order valence-electron chi connectivity index (χ0n) is 11.7. The maximum Gasteiger partial charge on any atom is 0.335 e. The van der Waals surface area contributed by atoms with Crippen LogP contribution in [0.2, 0.25) is 0 Å². The molecule has 0 atom stereocenters. The highest BCUT2D eigenvalue weighted by Crippen LogP contribution is 2.34. The standard InChI is InChI=1S/C14H21N3O2/c1-14(2,9-15-3)17-7-6-16-11-5-4-10(13(18)19)8-12(11)17/h4-5,8,15-16H,6-7,9H2,1-3H3,(H,18,19). The quantitative estimate of drug-likeness (QED) is 0.770. The number of aromatic carboxylic acids is 1. The molecule has 5 heteroatoms. The summed E-state index contributed by atoms with van der Waals surface area (Å²) in [5.41, 5.74) is 2.22. The summed E-state index contributed by atoms with van der Waals surface area (Å²) in [6.45, 7) is 6.89. The highest BCUT2D eigenvalue weighted by Gasteiger charge is 2.30. The van der Waals surface area contributed by atoms with E-state index < -0.39 is 5.97 Å². The largest absolute Gasteiger partial charge is 0.478 e. The van der Waals surface area contributed by atoms with Crippen LogP contribution in [-0.4, -0.2) is 43.3 Å². The van der Waals surface area contributed by atoms with Gasteiger partial charge in [0.2, 0.25) is 0 Å². The van der Waals surface area contributed by atoms with E-state index in [-0.39, 0.29) is 5.54 Å². The molecule has 0 unspecified atom stereocenters. The van der Waals surface area contributed by atoms with Gasteiger partial charge in [-0.3, -0.25) is 0 Å². The number of likely N-dealkylation sites (N-methyl/N-ethyl adjacent to an activating group) is 1. The van der Waals surface area contributed by atoms with Crippen LogP contribution < -0.4 is 15.5 Å². The molecule has 0 spiro atoms. The van der Waals surface area contributed by atoms with Crippen molar-refractivity contribution in [1.82, 2.24) is 5.32 Å². The molecule has 0 saturated carbocycles. The summed E-state index contributed by atoms with van der Waals surface area (Å²) in [5.74, 6) is -0.889. The smallest absolute Gasteiger partial charge is 0.335 e. The number of hydrogen-bond donors (Lipinski definition) is 3. The monoisotopic (exact) mass is 263 g/mol. The number of hydrogen-bond acceptors (Lipinski definition) is 4. The Kier molecular flexibility index (Phi) is 3.66. The van der Waals surface area contributed by atoms with E-state index in [4.69, 9.17) is 5.11 Å². The number of carboxylic acid groups (broad SMARTS) is 1. The van der Waals surface area contributed by atoms with Crippen LogP contribution in [0.3, 0.4) is 0 Å². The average Bonchev–Trinajstić information content (AvgIpc) is 2.37. The van der Waals surface area contributed by atoms with Crippen molar-refractivity contribution in [2.45, 2.75) is 19.4 Å². The molecule has 0 amide bonds. The Morgan fingerprint density at radius 1 is 1.53 bits per heavy atom. The molecule has 1 aliphatic rings. The second-order valence-corrected chi connectivity index (χ2v) is 5.46. The molecule has 19 heavy (non-hydrogen) atoms. The van der Waals surface area contributed by atoms with Crippen molar-refractivity contribution in [3.8, 4) is 0 Å². The van der Waals surface area contributed by atoms with Crippen molar-refractivity contribution in [2.75, 3.05) is 36.9 Å². The van der Waals surface area contributed by atoms with Crippen molar-refractivity contribution in [3.05, 3.63) is 23.8 Å². The van der Waals surface area contributed by atoms with Crippen LogP contribution in [0, 0.1) is 0 Å². The van der Waals surface area contributed by atoms with Gasteiger partial charge in [-0.15, -0.1) is 0 Å². The van der Waals surface area contributed by atoms with Crippen molar-refractivity contribution in [2.24, 2.45) is 0 Å². The fraction of sp³-hybridized carbons (Fsp3) is 0.500. The summed E-state index contributed by atoms with van der Waals surface area (Å²) in [6.07, 6.45) is 0. The zero-order chi connectivity index (χ0) is 14.0. The molecule has 1 aliphatic heterocycles. The number of anilines is 2. The molecule has 0 radical (unpaired) electrons. The van der Waals surface area contributed by atoms with Crippen LogP contribution in [-0.2, 0) is 0 Å². The minimum absolute atomic E-state index is 0.0667. The number of nitrogens with one attached hydrogen (secondary N) is 2. The highest BCUT2D eigenvalue weighted by atomic mass is 16.4. The zero-order valence-corrected chi connectivity index (χ0v) is 11.7. The molecule has 1 aromatic carbocycles. The van der Waals surface area contributed by atoms with Gasteiger partial charge >= 0.3 is 5.97 Å². The molecule has 0 aromatic heterocycles. The molecule has 1 heterocycles. The van der Waals surface area contributed by atoms with E-state index in [2.05, 4.69) is 29.4 Å². The lowest BCUT2D eigenvalue weighted by atomic mass is 9.99. The van der Waals surface area contributed by atoms with Gasteiger partial charge in [0.1, 0.15) is 0 Å². The van der Waals surface area contributed by atoms with Crippen LogP contribution in [0.15, 0.2) is 18.2 Å². The summed E-state index contributed by atoms with van der Waals surface area (Å²) < 4.78 is 0. The van der Waals surface area contributed by atoms with Gasteiger partial charge in [0.15, 0.2) is 0 Å². The van der Waals surface area contributed by atoms with Gasteiger partial charge in [-0.05, 0) is 39.1 Å². The Balaban J connectivity index is 2.42. The van der Waals surface area contributed by atoms with Crippen molar-refractivity contribution < 1.29 is 9.90 Å². The van der Waals surface area contributed by atoms with E-state index in [9.17, 15) is 4.79 Å². The Hall–Kier alpha value is -1.75. The first kappa shape index (κ1) is 13.7. The minimum atomic E-state index is -0.889. The second kappa shape index (κ2) is 5.09. The van der Waals surface area contributed by atoms with Crippen molar-refractivity contribution in [1.29, 1.82) is 0 Å². The van der Waals surface area contributed by atoms with E-state index in [1.165, 1.54) is 0 Å². The second-order valence-electron chi connectivity index (χ2n) is 5.46. The molecule has 0 aliphatic carbocycles. The predicted octanol–water partition coefficient (Wildman–Crippen LogP) is 1.61. The van der Waals surface area contributed by atoms with Crippen LogP contribution in [0.5, 0.6) is 0 Å². The van der Waals surface area contributed by atoms with Gasteiger partial charge in [-0.25, -0.2) is 4.79 Å². The predicted molar refractivity (Wildman–Crippen MR) is 77.2 cm³/mol. The van der Waals surface area contributed by atoms with Crippen molar-refractivity contribution >= 4 is 17.3 Å². The average molecular weight is 263 g/mol. The summed E-state index contributed by atoms with van der Waals surface area (Å²) in [4.78, 5) is 13.4. The van der Waals surface area contributed by atoms with E-state index in [1.807, 2.05) is 13.1 Å². The first-order valence-corrected chi connectivity index (χ1v) is 6.49. The highest BCUT2D eigenvalue weighted by molar-refractivity contribution is 5.91. The fourth-order valence-corrected chi connectivity index (χ4v) is 2.62. The van der Waals surface area contributed by atoms with Crippen LogP contribution in [0.25, 0.3) is 0 Å². The molecule has 3 N–H and O–H groups in total. The third kappa shape index (κ3) is 2.66. The van der Waals surface area contributed by atoms with Gasteiger partial charge < -0.3 is 20.6 Å². The Morgan fingerprint density at radius 2 is 2.26 bits per heavy atom. The normalized spacial score (nSPS) is 14.8. The molecule has 1 aromatic rings. The maximum absolute atomic E-state index is 11.1. The van der Waals surface area contributed by atoms with Gasteiger partial charge in [0.05, 0.1) is 16.9 Å². The summed E-state index contributed by atoms with van der Waals surface area (Å²) >= 11 is 0. The molecular weight excluding hydrogens is 242 g/mol. The van der Waals surface area contributed by atoms with Gasteiger partial charge in [-0.2, -0.15) is 0 Å². The molecule has 0 fully saturated rings. The topological polar surface area (TPSA) is 64.6 Å². The van der Waals surface area contributed by atoms with Crippen LogP contribution >= 0.6 is 0 Å². The SMILES string of the molecule is CNCC(C)(C)N1CCNc2ccc(C(=O)O)cc21. The maximum atomic E-state index is 11.1. The van der Waals surface area contributed by atoms with E-state index in [0.717, 1.165) is 31.0 Å². The van der Waals surface area contributed by atoms with E-state index >= 15 is 0 Å². The van der Waals surface area contributed by atoms with Gasteiger partial charge in [0, 0.05) is 25.2 Å². The molecule has 5 nitrogen and oxygen atoms in total. The van der Waals surface area contributed by atoms with Crippen LogP contribution in [0.1, 0.15) is 24.2 Å². The summed E-state index contributed by atoms with van der Waals surface area (Å²) in [5, 5.41) is 15.6. The Labute approximate surface area is 113 Å². The Morgan fingerprint density at radius 3 is 2.89 bits per heavy atom. The first-order valence-electron chi connectivity index (χ1n) is 6.49. The number of carboxylic acids is 1. The number of fused-ring (bicyclic) bond motifs is 1. The van der Waals surface area contributed by atoms with E-state index in [1.54, 1.807) is 12.1 Å². The molecule has 104 valence electrons. The lowest BCUT2D eigenvalue weighted by Gasteiger charge is -2.44. The Bertz CT molecular complexity index is 486. The summed E-state index contributed by atoms with van der Waals surface area (Å²) in [7, 11) is 1.93. The first-order chi connectivity index (χ1) is 8.95. The van der Waals surface area contributed by atoms with Crippen molar-refractivity contribution in [3.63, 3.8) is 0 Å². The third-order valence-electron chi connectivity index (χ3n) is 3.53. The molecule has 0 saturated heterocycles.